The lowest BCUT2D eigenvalue weighted by atomic mass is 10.0. The van der Waals surface area contributed by atoms with Gasteiger partial charge in [-0.3, -0.25) is 4.21 Å². The maximum absolute atomic E-state index is 13.0. The van der Waals surface area contributed by atoms with E-state index >= 15 is 0 Å². The Hall–Kier alpha value is -1.23. The fourth-order valence-corrected chi connectivity index (χ4v) is 5.32. The quantitative estimate of drug-likeness (QED) is 0.557. The summed E-state index contributed by atoms with van der Waals surface area (Å²) in [5, 5.41) is 1.97. The molecule has 1 nitrogen and oxygen atoms in total. The zero-order chi connectivity index (χ0) is 15.4. The lowest BCUT2D eigenvalue weighted by molar-refractivity contribution is 0.677. The number of hydrogen-bond acceptors (Lipinski definition) is 2. The third-order valence-corrected chi connectivity index (χ3v) is 6.64. The fourth-order valence-electron chi connectivity index (χ4n) is 2.42. The van der Waals surface area contributed by atoms with E-state index in [1.165, 1.54) is 0 Å². The van der Waals surface area contributed by atoms with Gasteiger partial charge in [-0.1, -0.05) is 60.7 Å². The molecule has 0 saturated carbocycles. The van der Waals surface area contributed by atoms with Crippen molar-refractivity contribution >= 4 is 38.1 Å². The minimum Gasteiger partial charge on any atom is -0.258 e. The lowest BCUT2D eigenvalue weighted by Crippen LogP contribution is -2.10. The highest BCUT2D eigenvalue weighted by molar-refractivity contribution is 9.11. The molecule has 0 fully saturated rings. The van der Waals surface area contributed by atoms with Crippen LogP contribution in [0.1, 0.15) is 21.9 Å². The van der Waals surface area contributed by atoms with Gasteiger partial charge in [0.2, 0.25) is 0 Å². The molecule has 112 valence electrons. The second kappa shape index (κ2) is 7.36. The standard InChI is InChI=1S/C18H15BrOS2/c19-17-11-14(12-21-17)13-22(20)18(15-7-3-1-4-8-15)16-9-5-2-6-10-16/h1-12,18H,13H2. The van der Waals surface area contributed by atoms with Crippen molar-refractivity contribution in [3.63, 3.8) is 0 Å². The van der Waals surface area contributed by atoms with Gasteiger partial charge in [-0.05, 0) is 44.1 Å². The van der Waals surface area contributed by atoms with Gasteiger partial charge in [-0.25, -0.2) is 0 Å². The van der Waals surface area contributed by atoms with E-state index in [2.05, 4.69) is 51.6 Å². The first-order valence-electron chi connectivity index (χ1n) is 6.94. The first-order valence-corrected chi connectivity index (χ1v) is 9.99. The van der Waals surface area contributed by atoms with Crippen molar-refractivity contribution in [3.05, 3.63) is 92.6 Å². The monoisotopic (exact) mass is 390 g/mol. The molecule has 0 amide bonds. The Morgan fingerprint density at radius 1 is 0.955 bits per heavy atom. The van der Waals surface area contributed by atoms with Crippen LogP contribution in [-0.4, -0.2) is 4.21 Å². The molecule has 0 aliphatic rings. The van der Waals surface area contributed by atoms with Crippen LogP contribution in [0, 0.1) is 0 Å². The van der Waals surface area contributed by atoms with E-state index in [4.69, 9.17) is 0 Å². The van der Waals surface area contributed by atoms with Crippen molar-refractivity contribution < 1.29 is 4.21 Å². The second-order valence-electron chi connectivity index (χ2n) is 4.99. The molecule has 1 unspecified atom stereocenters. The number of thiophene rings is 1. The van der Waals surface area contributed by atoms with Gasteiger partial charge in [0.1, 0.15) is 0 Å². The Morgan fingerprint density at radius 2 is 1.50 bits per heavy atom. The molecule has 0 radical (unpaired) electrons. The van der Waals surface area contributed by atoms with Crippen LogP contribution in [0.2, 0.25) is 0 Å². The van der Waals surface area contributed by atoms with Crippen LogP contribution in [0.25, 0.3) is 0 Å². The van der Waals surface area contributed by atoms with Crippen LogP contribution in [0.4, 0.5) is 0 Å². The molecule has 0 spiro atoms. The van der Waals surface area contributed by atoms with Crippen LogP contribution in [0.15, 0.2) is 75.9 Å². The molecule has 0 bridgehead atoms. The van der Waals surface area contributed by atoms with Gasteiger partial charge in [-0.2, -0.15) is 0 Å². The summed E-state index contributed by atoms with van der Waals surface area (Å²) in [5.41, 5.74) is 3.31. The van der Waals surface area contributed by atoms with Crippen LogP contribution in [0.3, 0.4) is 0 Å². The summed E-state index contributed by atoms with van der Waals surface area (Å²) in [7, 11) is -1.01. The van der Waals surface area contributed by atoms with E-state index in [-0.39, 0.29) is 5.25 Å². The molecule has 3 aromatic rings. The molecule has 0 aliphatic heterocycles. The maximum Gasteiger partial charge on any atom is 0.0850 e. The van der Waals surface area contributed by atoms with Crippen molar-refractivity contribution in [1.82, 2.24) is 0 Å². The zero-order valence-corrected chi connectivity index (χ0v) is 15.0. The highest BCUT2D eigenvalue weighted by Crippen LogP contribution is 2.31. The minimum atomic E-state index is -1.01. The van der Waals surface area contributed by atoms with E-state index in [9.17, 15) is 4.21 Å². The van der Waals surface area contributed by atoms with Gasteiger partial charge in [0.15, 0.2) is 0 Å². The summed E-state index contributed by atoms with van der Waals surface area (Å²) in [6.45, 7) is 0. The normalized spacial score (nSPS) is 12.5. The molecule has 22 heavy (non-hydrogen) atoms. The predicted molar refractivity (Wildman–Crippen MR) is 98.6 cm³/mol. The average molecular weight is 391 g/mol. The van der Waals surface area contributed by atoms with E-state index in [0.29, 0.717) is 5.75 Å². The highest BCUT2D eigenvalue weighted by atomic mass is 79.9. The molecule has 4 heteroatoms. The minimum absolute atomic E-state index is 0.0962. The summed E-state index contributed by atoms with van der Waals surface area (Å²) in [6, 6.07) is 22.3. The van der Waals surface area contributed by atoms with Crippen LogP contribution >= 0.6 is 27.3 Å². The van der Waals surface area contributed by atoms with Gasteiger partial charge in [0.05, 0.1) is 14.8 Å². The molecule has 0 N–H and O–H groups in total. The molecular weight excluding hydrogens is 376 g/mol. The Morgan fingerprint density at radius 3 is 1.95 bits per heavy atom. The summed E-state index contributed by atoms with van der Waals surface area (Å²) in [5.74, 6) is 0.566. The fraction of sp³-hybridized carbons (Fsp3) is 0.111. The van der Waals surface area contributed by atoms with E-state index in [1.54, 1.807) is 11.3 Å². The molecule has 1 heterocycles. The van der Waals surface area contributed by atoms with Crippen molar-refractivity contribution in [2.45, 2.75) is 11.0 Å². The number of rotatable bonds is 5. The Kier molecular flexibility index (Phi) is 5.24. The molecule has 2 aromatic carbocycles. The topological polar surface area (TPSA) is 17.1 Å². The Labute approximate surface area is 145 Å². The van der Waals surface area contributed by atoms with Gasteiger partial charge < -0.3 is 0 Å². The van der Waals surface area contributed by atoms with Crippen molar-refractivity contribution in [2.24, 2.45) is 0 Å². The SMILES string of the molecule is O=S(Cc1csc(Br)c1)C(c1ccccc1)c1ccccc1. The van der Waals surface area contributed by atoms with Crippen molar-refractivity contribution in [1.29, 1.82) is 0 Å². The molecule has 3 rings (SSSR count). The predicted octanol–water partition coefficient (Wildman–Crippen LogP) is 5.55. The largest absolute Gasteiger partial charge is 0.258 e. The number of halogens is 1. The maximum atomic E-state index is 13.0. The average Bonchev–Trinajstić information content (AvgIpc) is 2.95. The summed E-state index contributed by atoms with van der Waals surface area (Å²) >= 11 is 5.10. The number of hydrogen-bond donors (Lipinski definition) is 0. The first kappa shape index (κ1) is 15.7. The summed E-state index contributed by atoms with van der Waals surface area (Å²) < 4.78 is 14.1. The van der Waals surface area contributed by atoms with E-state index in [1.807, 2.05) is 36.4 Å². The highest BCUT2D eigenvalue weighted by Gasteiger charge is 2.21. The molecule has 0 aliphatic carbocycles. The lowest BCUT2D eigenvalue weighted by Gasteiger charge is -2.17. The van der Waals surface area contributed by atoms with Crippen LogP contribution < -0.4 is 0 Å². The van der Waals surface area contributed by atoms with Crippen LogP contribution in [-0.2, 0) is 16.6 Å². The third-order valence-electron chi connectivity index (χ3n) is 3.40. The Bertz CT molecular complexity index is 714. The molecule has 0 saturated heterocycles. The van der Waals surface area contributed by atoms with Gasteiger partial charge in [0, 0.05) is 10.8 Å². The summed E-state index contributed by atoms with van der Waals surface area (Å²) in [6.07, 6.45) is 0. The molecular formula is C18H15BrOS2. The van der Waals surface area contributed by atoms with Crippen LogP contribution in [0.5, 0.6) is 0 Å². The van der Waals surface area contributed by atoms with Crippen molar-refractivity contribution in [2.75, 3.05) is 0 Å². The zero-order valence-electron chi connectivity index (χ0n) is 11.8. The van der Waals surface area contributed by atoms with E-state index in [0.717, 1.165) is 20.5 Å². The second-order valence-corrected chi connectivity index (χ2v) is 8.80. The first-order chi connectivity index (χ1) is 10.7. The van der Waals surface area contributed by atoms with Gasteiger partial charge in [-0.15, -0.1) is 11.3 Å². The molecule has 1 aromatic heterocycles. The van der Waals surface area contributed by atoms with Gasteiger partial charge in [0.25, 0.3) is 0 Å². The third kappa shape index (κ3) is 3.75. The smallest absolute Gasteiger partial charge is 0.0850 e. The van der Waals surface area contributed by atoms with Crippen molar-refractivity contribution in [3.8, 4) is 0 Å². The van der Waals surface area contributed by atoms with E-state index < -0.39 is 10.8 Å². The summed E-state index contributed by atoms with van der Waals surface area (Å²) in [4.78, 5) is 0. The number of benzene rings is 2. The van der Waals surface area contributed by atoms with Gasteiger partial charge >= 0.3 is 0 Å². The molecule has 1 atom stereocenters. The Balaban J connectivity index is 1.93.